The van der Waals surface area contributed by atoms with Gasteiger partial charge in [-0.25, -0.2) is 13.2 Å². The fourth-order valence-corrected chi connectivity index (χ4v) is 2.91. The Bertz CT molecular complexity index is 478. The second-order valence-electron chi connectivity index (χ2n) is 5.36. The standard InChI is InChI=1S/C14H17F3N2.2ClH/c15-10-7-11(13(17)12(16)8-10)14(9-1-2-9)19-5-3-18-4-6-19;;/h7-9,14,18H,1-6H2;2*1H/t14-;;/m0../s1. The summed E-state index contributed by atoms with van der Waals surface area (Å²) in [5.74, 6) is -2.35. The Labute approximate surface area is 134 Å². The fraction of sp³-hybridized carbons (Fsp3) is 0.571. The van der Waals surface area contributed by atoms with E-state index in [0.717, 1.165) is 45.1 Å². The molecule has 120 valence electrons. The van der Waals surface area contributed by atoms with Gasteiger partial charge in [0.15, 0.2) is 11.6 Å². The lowest BCUT2D eigenvalue weighted by Crippen LogP contribution is -2.46. The first-order valence-corrected chi connectivity index (χ1v) is 6.76. The van der Waals surface area contributed by atoms with Gasteiger partial charge < -0.3 is 5.32 Å². The molecule has 2 nitrogen and oxygen atoms in total. The van der Waals surface area contributed by atoms with E-state index in [1.807, 2.05) is 0 Å². The van der Waals surface area contributed by atoms with Crippen LogP contribution in [-0.4, -0.2) is 31.1 Å². The molecule has 0 amide bonds. The van der Waals surface area contributed by atoms with Crippen molar-refractivity contribution in [2.75, 3.05) is 26.2 Å². The lowest BCUT2D eigenvalue weighted by atomic mass is 9.98. The maximum Gasteiger partial charge on any atom is 0.163 e. The van der Waals surface area contributed by atoms with Crippen molar-refractivity contribution in [2.24, 2.45) is 5.92 Å². The van der Waals surface area contributed by atoms with Crippen LogP contribution in [0, 0.1) is 23.4 Å². The average molecular weight is 343 g/mol. The molecular weight excluding hydrogens is 324 g/mol. The first-order valence-electron chi connectivity index (χ1n) is 6.76. The molecule has 1 aromatic rings. The van der Waals surface area contributed by atoms with Crippen LogP contribution in [0.4, 0.5) is 13.2 Å². The minimum absolute atomic E-state index is 0. The summed E-state index contributed by atoms with van der Waals surface area (Å²) in [7, 11) is 0. The van der Waals surface area contributed by atoms with E-state index in [2.05, 4.69) is 10.2 Å². The van der Waals surface area contributed by atoms with Crippen molar-refractivity contribution >= 4 is 24.8 Å². The molecule has 21 heavy (non-hydrogen) atoms. The number of nitrogens with one attached hydrogen (secondary N) is 1. The van der Waals surface area contributed by atoms with Crippen LogP contribution in [-0.2, 0) is 0 Å². The normalized spacial score (nSPS) is 20.3. The molecule has 1 N–H and O–H groups in total. The number of benzene rings is 1. The van der Waals surface area contributed by atoms with Crippen LogP contribution >= 0.6 is 24.8 Å². The molecule has 7 heteroatoms. The van der Waals surface area contributed by atoms with Gasteiger partial charge in [0.1, 0.15) is 5.82 Å². The summed E-state index contributed by atoms with van der Waals surface area (Å²) in [6, 6.07) is 1.58. The average Bonchev–Trinajstić information content (AvgIpc) is 3.21. The molecular formula is C14H19Cl2F3N2. The Morgan fingerprint density at radius 1 is 1.05 bits per heavy atom. The number of nitrogens with zero attached hydrogens (tertiary/aromatic N) is 1. The number of rotatable bonds is 3. The molecule has 0 bridgehead atoms. The van der Waals surface area contributed by atoms with Gasteiger partial charge in [0, 0.05) is 43.9 Å². The maximum absolute atomic E-state index is 14.0. The van der Waals surface area contributed by atoms with Crippen LogP contribution in [0.25, 0.3) is 0 Å². The molecule has 0 aromatic heterocycles. The van der Waals surface area contributed by atoms with Crippen LogP contribution in [0.3, 0.4) is 0 Å². The van der Waals surface area contributed by atoms with Gasteiger partial charge in [-0.3, -0.25) is 4.90 Å². The molecule has 2 aliphatic rings. The Morgan fingerprint density at radius 3 is 2.24 bits per heavy atom. The molecule has 1 aliphatic heterocycles. The lowest BCUT2D eigenvalue weighted by Gasteiger charge is -2.35. The van der Waals surface area contributed by atoms with Crippen molar-refractivity contribution < 1.29 is 13.2 Å². The minimum atomic E-state index is -1.09. The highest BCUT2D eigenvalue weighted by Crippen LogP contribution is 2.45. The highest BCUT2D eigenvalue weighted by atomic mass is 35.5. The summed E-state index contributed by atoms with van der Waals surface area (Å²) in [6.45, 7) is 3.25. The third kappa shape index (κ3) is 4.03. The third-order valence-electron chi connectivity index (χ3n) is 3.95. The first-order chi connectivity index (χ1) is 9.16. The molecule has 3 rings (SSSR count). The quantitative estimate of drug-likeness (QED) is 0.848. The van der Waals surface area contributed by atoms with Crippen LogP contribution in [0.5, 0.6) is 0 Å². The van der Waals surface area contributed by atoms with Gasteiger partial charge in [-0.2, -0.15) is 0 Å². The zero-order chi connectivity index (χ0) is 13.4. The largest absolute Gasteiger partial charge is 0.314 e. The van der Waals surface area contributed by atoms with Crippen molar-refractivity contribution in [3.8, 4) is 0 Å². The summed E-state index contributed by atoms with van der Waals surface area (Å²) in [5, 5.41) is 3.23. The molecule has 0 radical (unpaired) electrons. The molecule has 0 spiro atoms. The highest BCUT2D eigenvalue weighted by Gasteiger charge is 2.38. The van der Waals surface area contributed by atoms with Crippen LogP contribution < -0.4 is 5.32 Å². The van der Waals surface area contributed by atoms with E-state index in [0.29, 0.717) is 12.0 Å². The predicted octanol–water partition coefficient (Wildman–Crippen LogP) is 3.30. The Balaban J connectivity index is 0.00000110. The van der Waals surface area contributed by atoms with E-state index in [4.69, 9.17) is 0 Å². The van der Waals surface area contributed by atoms with Gasteiger partial charge in [-0.15, -0.1) is 24.8 Å². The van der Waals surface area contributed by atoms with Gasteiger partial charge in [0.05, 0.1) is 0 Å². The van der Waals surface area contributed by atoms with Crippen LogP contribution in [0.1, 0.15) is 24.4 Å². The van der Waals surface area contributed by atoms with E-state index in [1.54, 1.807) is 0 Å². The zero-order valence-corrected chi connectivity index (χ0v) is 13.1. The summed E-state index contributed by atoms with van der Waals surface area (Å²) in [5.41, 5.74) is 0.182. The minimum Gasteiger partial charge on any atom is -0.314 e. The van der Waals surface area contributed by atoms with Gasteiger partial charge in [0.2, 0.25) is 0 Å². The topological polar surface area (TPSA) is 15.3 Å². The van der Waals surface area contributed by atoms with E-state index in [9.17, 15) is 13.2 Å². The number of piperazine rings is 1. The lowest BCUT2D eigenvalue weighted by molar-refractivity contribution is 0.152. The van der Waals surface area contributed by atoms with Crippen LogP contribution in [0.2, 0.25) is 0 Å². The van der Waals surface area contributed by atoms with Crippen molar-refractivity contribution in [1.82, 2.24) is 10.2 Å². The van der Waals surface area contributed by atoms with Crippen LogP contribution in [0.15, 0.2) is 12.1 Å². The summed E-state index contributed by atoms with van der Waals surface area (Å²) in [6.07, 6.45) is 2.01. The Morgan fingerprint density at radius 2 is 1.67 bits per heavy atom. The van der Waals surface area contributed by atoms with Gasteiger partial charge in [-0.05, 0) is 24.8 Å². The highest BCUT2D eigenvalue weighted by molar-refractivity contribution is 5.85. The predicted molar refractivity (Wildman–Crippen MR) is 80.7 cm³/mol. The summed E-state index contributed by atoms with van der Waals surface area (Å²) < 4.78 is 40.8. The summed E-state index contributed by atoms with van der Waals surface area (Å²) >= 11 is 0. The number of hydrogen-bond acceptors (Lipinski definition) is 2. The Hall–Kier alpha value is -0.490. The van der Waals surface area contributed by atoms with Crippen molar-refractivity contribution in [3.05, 3.63) is 35.1 Å². The van der Waals surface area contributed by atoms with Crippen molar-refractivity contribution in [1.29, 1.82) is 0 Å². The SMILES string of the molecule is Cl.Cl.Fc1cc(F)c(F)c([C@H](C2CC2)N2CCNCC2)c1. The van der Waals surface area contributed by atoms with Gasteiger partial charge in [-0.1, -0.05) is 0 Å². The number of halogens is 5. The molecule has 1 heterocycles. The van der Waals surface area contributed by atoms with Crippen molar-refractivity contribution in [3.63, 3.8) is 0 Å². The van der Waals surface area contributed by atoms with Gasteiger partial charge in [0.25, 0.3) is 0 Å². The van der Waals surface area contributed by atoms with E-state index in [-0.39, 0.29) is 36.4 Å². The first kappa shape index (κ1) is 18.6. The second kappa shape index (κ2) is 7.68. The van der Waals surface area contributed by atoms with Gasteiger partial charge >= 0.3 is 0 Å². The fourth-order valence-electron chi connectivity index (χ4n) is 2.91. The number of hydrogen-bond donors (Lipinski definition) is 1. The third-order valence-corrected chi connectivity index (χ3v) is 3.95. The Kier molecular flexibility index (Phi) is 6.78. The van der Waals surface area contributed by atoms with E-state index < -0.39 is 17.5 Å². The molecule has 1 saturated heterocycles. The molecule has 0 unspecified atom stereocenters. The maximum atomic E-state index is 14.0. The smallest absolute Gasteiger partial charge is 0.163 e. The second-order valence-corrected chi connectivity index (χ2v) is 5.36. The monoisotopic (exact) mass is 342 g/mol. The molecule has 1 aromatic carbocycles. The molecule has 1 atom stereocenters. The zero-order valence-electron chi connectivity index (χ0n) is 11.4. The molecule has 1 saturated carbocycles. The van der Waals surface area contributed by atoms with E-state index >= 15 is 0 Å². The summed E-state index contributed by atoms with van der Waals surface area (Å²) in [4.78, 5) is 2.14. The van der Waals surface area contributed by atoms with E-state index in [1.165, 1.54) is 0 Å². The molecule has 1 aliphatic carbocycles. The molecule has 2 fully saturated rings. The van der Waals surface area contributed by atoms with Crippen molar-refractivity contribution in [2.45, 2.75) is 18.9 Å².